The second-order valence-electron chi connectivity index (χ2n) is 8.33. The highest BCUT2D eigenvalue weighted by atomic mass is 79.9. The maximum Gasteiger partial charge on any atom is 0.261 e. The lowest BCUT2D eigenvalue weighted by atomic mass is 9.92. The third-order valence-corrected chi connectivity index (χ3v) is 5.87. The van der Waals surface area contributed by atoms with Crippen LogP contribution in [0.1, 0.15) is 54.3 Å². The Morgan fingerprint density at radius 3 is 2.50 bits per heavy atom. The Morgan fingerprint density at radius 2 is 1.82 bits per heavy atom. The summed E-state index contributed by atoms with van der Waals surface area (Å²) in [6.07, 6.45) is 1.37. The van der Waals surface area contributed by atoms with Crippen molar-refractivity contribution in [1.29, 1.82) is 0 Å². The average molecular weight is 450 g/mol. The van der Waals surface area contributed by atoms with Crippen LogP contribution in [0.25, 0.3) is 0 Å². The lowest BCUT2D eigenvalue weighted by Gasteiger charge is -2.36. The average Bonchev–Trinajstić information content (AvgIpc) is 2.82. The molecule has 2 aliphatic rings. The Kier molecular flexibility index (Phi) is 6.55. The van der Waals surface area contributed by atoms with E-state index >= 15 is 0 Å². The van der Waals surface area contributed by atoms with Crippen molar-refractivity contribution in [3.8, 4) is 0 Å². The van der Waals surface area contributed by atoms with Crippen LogP contribution in [0.4, 0.5) is 0 Å². The molecule has 3 unspecified atom stereocenters. The largest absolute Gasteiger partial charge is 0.352 e. The van der Waals surface area contributed by atoms with Crippen LogP contribution in [0.3, 0.4) is 0 Å². The van der Waals surface area contributed by atoms with Crippen molar-refractivity contribution in [2.24, 2.45) is 11.8 Å². The Bertz CT molecular complexity index is 772. The Hall–Kier alpha value is -1.73. The van der Waals surface area contributed by atoms with Gasteiger partial charge in [-0.25, -0.2) is 0 Å². The zero-order valence-electron chi connectivity index (χ0n) is 16.7. The quantitative estimate of drug-likeness (QED) is 0.677. The fourth-order valence-corrected chi connectivity index (χ4v) is 4.76. The number of benzene rings is 1. The van der Waals surface area contributed by atoms with Gasteiger partial charge in [0.1, 0.15) is 0 Å². The smallest absolute Gasteiger partial charge is 0.261 e. The molecule has 1 aromatic carbocycles. The van der Waals surface area contributed by atoms with Gasteiger partial charge in [0.15, 0.2) is 0 Å². The first-order valence-corrected chi connectivity index (χ1v) is 10.7. The summed E-state index contributed by atoms with van der Waals surface area (Å²) in [6.45, 7) is 9.59. The molecule has 0 saturated carbocycles. The van der Waals surface area contributed by atoms with Gasteiger partial charge in [-0.2, -0.15) is 0 Å². The first-order valence-electron chi connectivity index (χ1n) is 9.92. The van der Waals surface area contributed by atoms with Gasteiger partial charge in [0.05, 0.1) is 11.1 Å². The molecule has 1 N–H and O–H groups in total. The highest BCUT2D eigenvalue weighted by Gasteiger charge is 2.35. The maximum atomic E-state index is 12.5. The van der Waals surface area contributed by atoms with Gasteiger partial charge in [-0.1, -0.05) is 29.8 Å². The standard InChI is InChI=1S/C21H28BrN3O3/c1-13-8-14(2)11-24(10-13)12-15(3)23-19(26)6-7-25-20(27)17-5-4-16(22)9-18(17)21(25)28/h4-5,9,13-15H,6-8,10-12H2,1-3H3,(H,23,26). The van der Waals surface area contributed by atoms with Crippen LogP contribution in [-0.2, 0) is 4.79 Å². The summed E-state index contributed by atoms with van der Waals surface area (Å²) in [5, 5.41) is 3.00. The monoisotopic (exact) mass is 449 g/mol. The van der Waals surface area contributed by atoms with Crippen molar-refractivity contribution < 1.29 is 14.4 Å². The van der Waals surface area contributed by atoms with E-state index in [9.17, 15) is 14.4 Å². The molecule has 0 aromatic heterocycles. The number of imide groups is 1. The lowest BCUT2D eigenvalue weighted by Crippen LogP contribution is -2.47. The van der Waals surface area contributed by atoms with E-state index < -0.39 is 0 Å². The number of hydrogen-bond donors (Lipinski definition) is 1. The predicted octanol–water partition coefficient (Wildman–Crippen LogP) is 2.92. The fourth-order valence-electron chi connectivity index (χ4n) is 4.40. The second-order valence-corrected chi connectivity index (χ2v) is 9.25. The van der Waals surface area contributed by atoms with Crippen molar-refractivity contribution in [1.82, 2.24) is 15.1 Å². The molecule has 0 bridgehead atoms. The highest BCUT2D eigenvalue weighted by molar-refractivity contribution is 9.10. The van der Waals surface area contributed by atoms with Crippen molar-refractivity contribution >= 4 is 33.7 Å². The van der Waals surface area contributed by atoms with E-state index in [-0.39, 0.29) is 36.7 Å². The summed E-state index contributed by atoms with van der Waals surface area (Å²) in [5.41, 5.74) is 0.789. The number of carbonyl (C=O) groups is 3. The number of fused-ring (bicyclic) bond motifs is 1. The van der Waals surface area contributed by atoms with Crippen LogP contribution < -0.4 is 5.32 Å². The first kappa shape index (κ1) is 21.0. The molecule has 2 aliphatic heterocycles. The van der Waals surface area contributed by atoms with Crippen LogP contribution in [0, 0.1) is 11.8 Å². The predicted molar refractivity (Wildman–Crippen MR) is 111 cm³/mol. The van der Waals surface area contributed by atoms with Gasteiger partial charge in [0, 0.05) is 43.1 Å². The Labute approximate surface area is 174 Å². The number of rotatable bonds is 6. The molecule has 152 valence electrons. The summed E-state index contributed by atoms with van der Waals surface area (Å²) in [5.74, 6) is 0.562. The van der Waals surface area contributed by atoms with Crippen molar-refractivity contribution in [3.05, 3.63) is 33.8 Å². The Balaban J connectivity index is 1.48. The minimum Gasteiger partial charge on any atom is -0.352 e. The second kappa shape index (κ2) is 8.74. The van der Waals surface area contributed by atoms with Crippen LogP contribution in [0.5, 0.6) is 0 Å². The van der Waals surface area contributed by atoms with E-state index in [2.05, 4.69) is 40.0 Å². The summed E-state index contributed by atoms with van der Waals surface area (Å²) >= 11 is 3.32. The van der Waals surface area contributed by atoms with Gasteiger partial charge in [-0.05, 0) is 43.4 Å². The fraction of sp³-hybridized carbons (Fsp3) is 0.571. The number of likely N-dealkylation sites (tertiary alicyclic amines) is 1. The highest BCUT2D eigenvalue weighted by Crippen LogP contribution is 2.26. The van der Waals surface area contributed by atoms with Gasteiger partial charge < -0.3 is 10.2 Å². The Morgan fingerprint density at radius 1 is 1.18 bits per heavy atom. The molecule has 7 heteroatoms. The van der Waals surface area contributed by atoms with Gasteiger partial charge in [0.2, 0.25) is 5.91 Å². The third-order valence-electron chi connectivity index (χ3n) is 5.38. The molecular weight excluding hydrogens is 422 g/mol. The molecule has 0 aliphatic carbocycles. The maximum absolute atomic E-state index is 12.5. The SMILES string of the molecule is CC1CC(C)CN(CC(C)NC(=O)CCN2C(=O)c3ccc(Br)cc3C2=O)C1. The van der Waals surface area contributed by atoms with E-state index in [0.29, 0.717) is 23.0 Å². The normalized spacial score (nSPS) is 23.6. The van der Waals surface area contributed by atoms with Crippen LogP contribution in [-0.4, -0.2) is 59.7 Å². The van der Waals surface area contributed by atoms with Crippen molar-refractivity contribution in [2.45, 2.75) is 39.7 Å². The van der Waals surface area contributed by atoms with Crippen LogP contribution >= 0.6 is 15.9 Å². The van der Waals surface area contributed by atoms with Crippen molar-refractivity contribution in [3.63, 3.8) is 0 Å². The molecule has 1 aromatic rings. The van der Waals surface area contributed by atoms with Crippen LogP contribution in [0.2, 0.25) is 0 Å². The molecule has 3 atom stereocenters. The summed E-state index contributed by atoms with van der Waals surface area (Å²) in [4.78, 5) is 40.8. The van der Waals surface area contributed by atoms with Crippen LogP contribution in [0.15, 0.2) is 22.7 Å². The van der Waals surface area contributed by atoms with E-state index in [1.54, 1.807) is 18.2 Å². The number of piperidine rings is 1. The number of nitrogens with zero attached hydrogens (tertiary/aromatic N) is 2. The number of carbonyl (C=O) groups excluding carboxylic acids is 3. The third kappa shape index (κ3) is 4.81. The number of amides is 3. The number of hydrogen-bond acceptors (Lipinski definition) is 4. The molecule has 6 nitrogen and oxygen atoms in total. The van der Waals surface area contributed by atoms with E-state index in [0.717, 1.165) is 29.0 Å². The molecule has 1 saturated heterocycles. The minimum atomic E-state index is -0.335. The first-order chi connectivity index (χ1) is 13.2. The topological polar surface area (TPSA) is 69.7 Å². The summed E-state index contributed by atoms with van der Waals surface area (Å²) in [6, 6.07) is 5.06. The molecule has 0 radical (unpaired) electrons. The molecule has 0 spiro atoms. The van der Waals surface area contributed by atoms with Gasteiger partial charge in [-0.15, -0.1) is 0 Å². The van der Waals surface area contributed by atoms with E-state index in [1.807, 2.05) is 6.92 Å². The molecular formula is C21H28BrN3O3. The minimum absolute atomic E-state index is 0.0307. The molecule has 2 heterocycles. The number of nitrogens with one attached hydrogen (secondary N) is 1. The molecule has 3 amide bonds. The zero-order chi connectivity index (χ0) is 20.4. The summed E-state index contributed by atoms with van der Waals surface area (Å²) < 4.78 is 0.752. The summed E-state index contributed by atoms with van der Waals surface area (Å²) in [7, 11) is 0. The van der Waals surface area contributed by atoms with Gasteiger partial charge in [-0.3, -0.25) is 19.3 Å². The molecule has 1 fully saturated rings. The molecule has 28 heavy (non-hydrogen) atoms. The van der Waals surface area contributed by atoms with E-state index in [4.69, 9.17) is 0 Å². The zero-order valence-corrected chi connectivity index (χ0v) is 18.3. The van der Waals surface area contributed by atoms with E-state index in [1.165, 1.54) is 6.42 Å². The molecule has 3 rings (SSSR count). The van der Waals surface area contributed by atoms with Gasteiger partial charge >= 0.3 is 0 Å². The lowest BCUT2D eigenvalue weighted by molar-refractivity contribution is -0.121. The van der Waals surface area contributed by atoms with Gasteiger partial charge in [0.25, 0.3) is 11.8 Å². The van der Waals surface area contributed by atoms with Crippen molar-refractivity contribution in [2.75, 3.05) is 26.2 Å². The number of halogens is 1.